The molecule has 0 aromatic heterocycles. The molecule has 0 N–H and O–H groups in total. The second kappa shape index (κ2) is 4.66. The Labute approximate surface area is 108 Å². The Morgan fingerprint density at radius 2 is 1.72 bits per heavy atom. The number of rotatable bonds is 2. The van der Waals surface area contributed by atoms with Gasteiger partial charge in [-0.05, 0) is 52.1 Å². The number of hydrogen-bond donors (Lipinski definition) is 0. The minimum atomic E-state index is 1.03. The standard InChI is InChI=1S/C18H14/c1-2-14-8-3-5-11-16(14)18-13-7-10-15-9-4-6-12-17(15)18/h5-13H,2H2,1H3. The van der Waals surface area contributed by atoms with Crippen LogP contribution in [0.1, 0.15) is 12.5 Å². The van der Waals surface area contributed by atoms with Gasteiger partial charge in [-0.3, -0.25) is 0 Å². The molecular formula is C18H14. The predicted molar refractivity (Wildman–Crippen MR) is 76.4 cm³/mol. The molecule has 0 saturated carbocycles. The van der Waals surface area contributed by atoms with Crippen LogP contribution in [0.5, 0.6) is 0 Å². The zero-order chi connectivity index (χ0) is 12.4. The molecule has 18 heavy (non-hydrogen) atoms. The molecule has 0 spiro atoms. The van der Waals surface area contributed by atoms with Crippen LogP contribution >= 0.6 is 0 Å². The van der Waals surface area contributed by atoms with E-state index in [1.807, 2.05) is 18.2 Å². The fraction of sp³-hybridized carbons (Fsp3) is 0.111. The molecule has 0 atom stereocenters. The molecule has 0 bridgehead atoms. The Bertz CT molecular complexity index is 675. The van der Waals surface area contributed by atoms with Crippen LogP contribution in [0.25, 0.3) is 21.9 Å². The fourth-order valence-corrected chi connectivity index (χ4v) is 2.42. The smallest absolute Gasteiger partial charge is 0.0103 e. The molecule has 0 amide bonds. The molecule has 0 nitrogen and oxygen atoms in total. The van der Waals surface area contributed by atoms with Gasteiger partial charge in [-0.15, -0.1) is 0 Å². The summed E-state index contributed by atoms with van der Waals surface area (Å²) in [5.41, 5.74) is 3.96. The summed E-state index contributed by atoms with van der Waals surface area (Å²) in [5, 5.41) is 2.53. The number of benzene rings is 3. The first-order valence-electron chi connectivity index (χ1n) is 6.28. The molecular weight excluding hydrogens is 216 g/mol. The van der Waals surface area contributed by atoms with Crippen molar-refractivity contribution in [1.29, 1.82) is 0 Å². The molecule has 3 rings (SSSR count). The van der Waals surface area contributed by atoms with E-state index in [0.717, 1.165) is 6.42 Å². The van der Waals surface area contributed by atoms with E-state index in [4.69, 9.17) is 0 Å². The second-order valence-electron chi connectivity index (χ2n) is 4.39. The lowest BCUT2D eigenvalue weighted by atomic mass is 9.94. The van der Waals surface area contributed by atoms with E-state index in [0.29, 0.717) is 0 Å². The van der Waals surface area contributed by atoms with Gasteiger partial charge in [0, 0.05) is 0 Å². The van der Waals surface area contributed by atoms with E-state index >= 15 is 0 Å². The summed E-state index contributed by atoms with van der Waals surface area (Å²) in [6, 6.07) is 25.1. The molecule has 0 aliphatic heterocycles. The minimum Gasteiger partial charge on any atom is -0.0613 e. The summed E-state index contributed by atoms with van der Waals surface area (Å²) >= 11 is 0. The van der Waals surface area contributed by atoms with Crippen molar-refractivity contribution in [2.75, 3.05) is 0 Å². The van der Waals surface area contributed by atoms with Gasteiger partial charge in [0.1, 0.15) is 0 Å². The van der Waals surface area contributed by atoms with Crippen molar-refractivity contribution in [1.82, 2.24) is 0 Å². The Morgan fingerprint density at radius 1 is 0.889 bits per heavy atom. The molecule has 0 aliphatic carbocycles. The topological polar surface area (TPSA) is 0 Å². The highest BCUT2D eigenvalue weighted by Gasteiger charge is 2.06. The summed E-state index contributed by atoms with van der Waals surface area (Å²) in [4.78, 5) is 0. The monoisotopic (exact) mass is 230 g/mol. The average molecular weight is 230 g/mol. The fourth-order valence-electron chi connectivity index (χ4n) is 2.42. The first kappa shape index (κ1) is 11.0. The van der Waals surface area contributed by atoms with Crippen LogP contribution in [0.3, 0.4) is 0 Å². The van der Waals surface area contributed by atoms with Crippen LogP contribution in [0.2, 0.25) is 0 Å². The Morgan fingerprint density at radius 3 is 2.61 bits per heavy atom. The van der Waals surface area contributed by atoms with Crippen LogP contribution in [0, 0.1) is 12.1 Å². The maximum atomic E-state index is 3.16. The summed E-state index contributed by atoms with van der Waals surface area (Å²) in [7, 11) is 0. The van der Waals surface area contributed by atoms with Crippen LogP contribution in [0.4, 0.5) is 0 Å². The zero-order valence-electron chi connectivity index (χ0n) is 10.4. The SMILES string of the molecule is CCc1c[c]ccc1-c1cccc2c[c]ccc12. The first-order valence-corrected chi connectivity index (χ1v) is 6.28. The van der Waals surface area contributed by atoms with Crippen LogP contribution in [0.15, 0.2) is 54.6 Å². The number of hydrogen-bond acceptors (Lipinski definition) is 0. The van der Waals surface area contributed by atoms with E-state index in [1.165, 1.54) is 27.5 Å². The highest BCUT2D eigenvalue weighted by atomic mass is 14.1. The quantitative estimate of drug-likeness (QED) is 0.600. The van der Waals surface area contributed by atoms with E-state index in [2.05, 4.69) is 55.5 Å². The van der Waals surface area contributed by atoms with Crippen molar-refractivity contribution in [3.05, 3.63) is 72.3 Å². The van der Waals surface area contributed by atoms with Crippen molar-refractivity contribution < 1.29 is 0 Å². The Kier molecular flexibility index (Phi) is 2.85. The van der Waals surface area contributed by atoms with Gasteiger partial charge < -0.3 is 0 Å². The van der Waals surface area contributed by atoms with Crippen LogP contribution in [-0.4, -0.2) is 0 Å². The average Bonchev–Trinajstić information content (AvgIpc) is 2.46. The maximum absolute atomic E-state index is 3.16. The van der Waals surface area contributed by atoms with Gasteiger partial charge in [0.15, 0.2) is 0 Å². The molecule has 0 saturated heterocycles. The van der Waals surface area contributed by atoms with Gasteiger partial charge in [0.25, 0.3) is 0 Å². The molecule has 86 valence electrons. The third-order valence-corrected chi connectivity index (χ3v) is 3.35. The van der Waals surface area contributed by atoms with Crippen LogP contribution in [-0.2, 0) is 6.42 Å². The van der Waals surface area contributed by atoms with E-state index in [1.54, 1.807) is 0 Å². The molecule has 0 heterocycles. The van der Waals surface area contributed by atoms with Crippen molar-refractivity contribution in [3.63, 3.8) is 0 Å². The van der Waals surface area contributed by atoms with E-state index in [9.17, 15) is 0 Å². The zero-order valence-corrected chi connectivity index (χ0v) is 10.4. The lowest BCUT2D eigenvalue weighted by Crippen LogP contribution is -1.88. The largest absolute Gasteiger partial charge is 0.0613 e. The van der Waals surface area contributed by atoms with Crippen LogP contribution < -0.4 is 0 Å². The second-order valence-corrected chi connectivity index (χ2v) is 4.39. The Hall–Kier alpha value is -2.08. The Balaban J connectivity index is 2.32. The highest BCUT2D eigenvalue weighted by Crippen LogP contribution is 2.30. The normalized spacial score (nSPS) is 10.7. The lowest BCUT2D eigenvalue weighted by Gasteiger charge is -2.10. The van der Waals surface area contributed by atoms with Gasteiger partial charge in [-0.1, -0.05) is 55.5 Å². The predicted octanol–water partition coefficient (Wildman–Crippen LogP) is 4.67. The lowest BCUT2D eigenvalue weighted by molar-refractivity contribution is 1.14. The third-order valence-electron chi connectivity index (χ3n) is 3.35. The summed E-state index contributed by atoms with van der Waals surface area (Å²) < 4.78 is 0. The summed E-state index contributed by atoms with van der Waals surface area (Å²) in [6.07, 6.45) is 1.03. The van der Waals surface area contributed by atoms with Gasteiger partial charge in [-0.25, -0.2) is 0 Å². The molecule has 2 radical (unpaired) electrons. The van der Waals surface area contributed by atoms with Crippen molar-refractivity contribution in [2.45, 2.75) is 13.3 Å². The number of aryl methyl sites for hydroxylation is 1. The van der Waals surface area contributed by atoms with Crippen molar-refractivity contribution in [2.24, 2.45) is 0 Å². The first-order chi connectivity index (χ1) is 8.90. The van der Waals surface area contributed by atoms with Crippen molar-refractivity contribution in [3.8, 4) is 11.1 Å². The molecule has 3 aromatic carbocycles. The maximum Gasteiger partial charge on any atom is -0.0103 e. The van der Waals surface area contributed by atoms with Gasteiger partial charge >= 0.3 is 0 Å². The van der Waals surface area contributed by atoms with E-state index in [-0.39, 0.29) is 0 Å². The molecule has 3 aromatic rings. The molecule has 0 aliphatic rings. The third kappa shape index (κ3) is 1.80. The minimum absolute atomic E-state index is 1.03. The van der Waals surface area contributed by atoms with Gasteiger partial charge in [0.2, 0.25) is 0 Å². The van der Waals surface area contributed by atoms with Gasteiger partial charge in [0.05, 0.1) is 0 Å². The summed E-state index contributed by atoms with van der Waals surface area (Å²) in [5.74, 6) is 0. The molecule has 0 heteroatoms. The summed E-state index contributed by atoms with van der Waals surface area (Å²) in [6.45, 7) is 2.19. The number of fused-ring (bicyclic) bond motifs is 1. The van der Waals surface area contributed by atoms with Crippen molar-refractivity contribution >= 4 is 10.8 Å². The van der Waals surface area contributed by atoms with E-state index < -0.39 is 0 Å². The molecule has 0 unspecified atom stereocenters. The molecule has 0 fully saturated rings. The van der Waals surface area contributed by atoms with Gasteiger partial charge in [-0.2, -0.15) is 0 Å². The highest BCUT2D eigenvalue weighted by molar-refractivity contribution is 5.97.